The van der Waals surface area contributed by atoms with Crippen molar-refractivity contribution in [3.63, 3.8) is 0 Å². The van der Waals surface area contributed by atoms with Gasteiger partial charge >= 0.3 is 5.69 Å². The molecule has 0 spiro atoms. The fourth-order valence-corrected chi connectivity index (χ4v) is 2.17. The van der Waals surface area contributed by atoms with Crippen molar-refractivity contribution in [3.8, 4) is 0 Å². The number of pyridine rings is 1. The zero-order valence-corrected chi connectivity index (χ0v) is 9.56. The van der Waals surface area contributed by atoms with Gasteiger partial charge in [-0.1, -0.05) is 0 Å². The van der Waals surface area contributed by atoms with E-state index in [4.69, 9.17) is 5.73 Å². The molecular weight excluding hydrogens is 220 g/mol. The van der Waals surface area contributed by atoms with Crippen molar-refractivity contribution in [3.05, 3.63) is 27.9 Å². The van der Waals surface area contributed by atoms with E-state index < -0.39 is 4.92 Å². The summed E-state index contributed by atoms with van der Waals surface area (Å²) in [6.45, 7) is 2.06. The van der Waals surface area contributed by atoms with Gasteiger partial charge in [0.1, 0.15) is 0 Å². The zero-order valence-electron chi connectivity index (χ0n) is 9.56. The van der Waals surface area contributed by atoms with E-state index in [0.29, 0.717) is 5.92 Å². The van der Waals surface area contributed by atoms with Crippen LogP contribution < -0.4 is 11.1 Å². The molecule has 0 aromatic carbocycles. The van der Waals surface area contributed by atoms with Crippen molar-refractivity contribution >= 4 is 11.5 Å². The number of nitrogens with zero attached hydrogens (tertiary/aromatic N) is 2. The fraction of sp³-hybridized carbons (Fsp3) is 0.545. The van der Waals surface area contributed by atoms with E-state index >= 15 is 0 Å². The second-order valence-corrected chi connectivity index (χ2v) is 4.38. The molecule has 1 aliphatic rings. The van der Waals surface area contributed by atoms with Crippen LogP contribution in [0.4, 0.5) is 11.5 Å². The van der Waals surface area contributed by atoms with Crippen LogP contribution in [0.15, 0.2) is 12.1 Å². The number of nitro groups is 1. The van der Waals surface area contributed by atoms with E-state index in [1.54, 1.807) is 6.07 Å². The van der Waals surface area contributed by atoms with Crippen LogP contribution in [0.1, 0.15) is 18.5 Å². The summed E-state index contributed by atoms with van der Waals surface area (Å²) in [6, 6.07) is 3.14. The standard InChI is InChI=1S/C11H16N4O2/c12-11-10(15(16)17)4-3-9(14-11)6-8-2-1-5-13-7-8/h3-4,8,13H,1-2,5-7H2,(H2,12,14). The molecule has 17 heavy (non-hydrogen) atoms. The van der Waals surface area contributed by atoms with Crippen LogP contribution in [-0.4, -0.2) is 23.0 Å². The molecule has 2 rings (SSSR count). The Hall–Kier alpha value is -1.69. The third-order valence-electron chi connectivity index (χ3n) is 3.05. The first-order chi connectivity index (χ1) is 8.16. The molecule has 1 aliphatic heterocycles. The number of piperidine rings is 1. The van der Waals surface area contributed by atoms with Crippen LogP contribution in [0, 0.1) is 16.0 Å². The predicted octanol–water partition coefficient (Wildman–Crippen LogP) is 1.11. The molecule has 0 saturated carbocycles. The second kappa shape index (κ2) is 5.09. The highest BCUT2D eigenvalue weighted by molar-refractivity contribution is 5.52. The molecule has 6 heteroatoms. The van der Waals surface area contributed by atoms with Gasteiger partial charge in [0.25, 0.3) is 0 Å². The average Bonchev–Trinajstić information content (AvgIpc) is 2.30. The number of aromatic nitrogens is 1. The zero-order chi connectivity index (χ0) is 12.3. The lowest BCUT2D eigenvalue weighted by atomic mass is 9.94. The number of rotatable bonds is 3. The molecule has 1 aromatic rings. The van der Waals surface area contributed by atoms with Crippen LogP contribution in [-0.2, 0) is 6.42 Å². The molecule has 92 valence electrons. The first-order valence-corrected chi connectivity index (χ1v) is 5.77. The Morgan fingerprint density at radius 1 is 1.59 bits per heavy atom. The number of nitrogens with one attached hydrogen (secondary N) is 1. The summed E-state index contributed by atoms with van der Waals surface area (Å²) in [5, 5.41) is 13.9. The minimum absolute atomic E-state index is 0.0104. The monoisotopic (exact) mass is 236 g/mol. The first kappa shape index (κ1) is 11.8. The minimum Gasteiger partial charge on any atom is -0.378 e. The molecule has 1 fully saturated rings. The summed E-state index contributed by atoms with van der Waals surface area (Å²) in [4.78, 5) is 14.2. The van der Waals surface area contributed by atoms with Crippen LogP contribution >= 0.6 is 0 Å². The van der Waals surface area contributed by atoms with Crippen molar-refractivity contribution in [2.75, 3.05) is 18.8 Å². The highest BCUT2D eigenvalue weighted by Gasteiger charge is 2.17. The lowest BCUT2D eigenvalue weighted by Gasteiger charge is -2.22. The quantitative estimate of drug-likeness (QED) is 0.605. The van der Waals surface area contributed by atoms with Gasteiger partial charge in [-0.3, -0.25) is 10.1 Å². The highest BCUT2D eigenvalue weighted by Crippen LogP contribution is 2.21. The number of hydrogen-bond donors (Lipinski definition) is 2. The molecule has 0 aliphatic carbocycles. The molecule has 2 heterocycles. The maximum absolute atomic E-state index is 10.6. The summed E-state index contributed by atoms with van der Waals surface area (Å²) in [6.07, 6.45) is 3.17. The number of nitrogens with two attached hydrogens (primary N) is 1. The van der Waals surface area contributed by atoms with Gasteiger partial charge in [0.15, 0.2) is 0 Å². The SMILES string of the molecule is Nc1nc(CC2CCCNC2)ccc1[N+](=O)[O-]. The summed E-state index contributed by atoms with van der Waals surface area (Å²) in [5.41, 5.74) is 6.28. The van der Waals surface area contributed by atoms with Crippen LogP contribution in [0.3, 0.4) is 0 Å². The van der Waals surface area contributed by atoms with E-state index in [0.717, 1.165) is 25.2 Å². The van der Waals surface area contributed by atoms with Gasteiger partial charge in [-0.2, -0.15) is 0 Å². The van der Waals surface area contributed by atoms with E-state index in [1.807, 2.05) is 0 Å². The summed E-state index contributed by atoms with van der Waals surface area (Å²) < 4.78 is 0. The molecule has 0 radical (unpaired) electrons. The Balaban J connectivity index is 2.06. The van der Waals surface area contributed by atoms with Gasteiger partial charge in [0.05, 0.1) is 4.92 Å². The Labute approximate surface area is 99.4 Å². The van der Waals surface area contributed by atoms with Gasteiger partial charge in [0.2, 0.25) is 5.82 Å². The minimum atomic E-state index is -0.506. The molecule has 0 amide bonds. The van der Waals surface area contributed by atoms with Gasteiger partial charge < -0.3 is 11.1 Å². The van der Waals surface area contributed by atoms with Gasteiger partial charge in [-0.05, 0) is 44.3 Å². The molecule has 0 bridgehead atoms. The molecule has 1 aromatic heterocycles. The fourth-order valence-electron chi connectivity index (χ4n) is 2.17. The molecule has 1 saturated heterocycles. The van der Waals surface area contributed by atoms with Crippen LogP contribution in [0.25, 0.3) is 0 Å². The smallest absolute Gasteiger partial charge is 0.311 e. The van der Waals surface area contributed by atoms with Crippen molar-refractivity contribution in [1.82, 2.24) is 10.3 Å². The molecular formula is C11H16N4O2. The maximum atomic E-state index is 10.6. The normalized spacial score (nSPS) is 20.1. The van der Waals surface area contributed by atoms with E-state index in [1.165, 1.54) is 18.9 Å². The summed E-state index contributed by atoms with van der Waals surface area (Å²) in [7, 11) is 0. The van der Waals surface area contributed by atoms with Gasteiger partial charge in [0, 0.05) is 11.8 Å². The topological polar surface area (TPSA) is 94.1 Å². The van der Waals surface area contributed by atoms with Crippen LogP contribution in [0.5, 0.6) is 0 Å². The van der Waals surface area contributed by atoms with E-state index in [2.05, 4.69) is 10.3 Å². The summed E-state index contributed by atoms with van der Waals surface area (Å²) in [5.74, 6) is 0.563. The Bertz CT molecular complexity index is 416. The largest absolute Gasteiger partial charge is 0.378 e. The van der Waals surface area contributed by atoms with Gasteiger partial charge in [-0.25, -0.2) is 4.98 Å². The van der Waals surface area contributed by atoms with E-state index in [9.17, 15) is 10.1 Å². The molecule has 3 N–H and O–H groups in total. The predicted molar refractivity (Wildman–Crippen MR) is 64.6 cm³/mol. The summed E-state index contributed by atoms with van der Waals surface area (Å²) >= 11 is 0. The van der Waals surface area contributed by atoms with Crippen molar-refractivity contribution in [2.45, 2.75) is 19.3 Å². The highest BCUT2D eigenvalue weighted by atomic mass is 16.6. The first-order valence-electron chi connectivity index (χ1n) is 5.77. The van der Waals surface area contributed by atoms with Crippen molar-refractivity contribution in [2.24, 2.45) is 5.92 Å². The average molecular weight is 236 g/mol. The van der Waals surface area contributed by atoms with E-state index in [-0.39, 0.29) is 11.5 Å². The Kier molecular flexibility index (Phi) is 3.53. The Morgan fingerprint density at radius 2 is 2.41 bits per heavy atom. The molecule has 1 unspecified atom stereocenters. The van der Waals surface area contributed by atoms with Crippen molar-refractivity contribution in [1.29, 1.82) is 0 Å². The third-order valence-corrected chi connectivity index (χ3v) is 3.05. The molecule has 6 nitrogen and oxygen atoms in total. The number of nitrogen functional groups attached to an aromatic ring is 1. The Morgan fingerprint density at radius 3 is 3.00 bits per heavy atom. The maximum Gasteiger partial charge on any atom is 0.311 e. The lowest BCUT2D eigenvalue weighted by Crippen LogP contribution is -2.31. The second-order valence-electron chi connectivity index (χ2n) is 4.38. The van der Waals surface area contributed by atoms with Crippen molar-refractivity contribution < 1.29 is 4.92 Å². The van der Waals surface area contributed by atoms with Gasteiger partial charge in [-0.15, -0.1) is 0 Å². The molecule has 1 atom stereocenters. The number of anilines is 1. The third kappa shape index (κ3) is 2.91. The lowest BCUT2D eigenvalue weighted by molar-refractivity contribution is -0.384. The van der Waals surface area contributed by atoms with Crippen LogP contribution in [0.2, 0.25) is 0 Å². The number of hydrogen-bond acceptors (Lipinski definition) is 5.